The first kappa shape index (κ1) is 13.4. The number of nitrogens with zero attached hydrogens (tertiary/aromatic N) is 1. The summed E-state index contributed by atoms with van der Waals surface area (Å²) in [5.41, 5.74) is -0.429. The number of carboxylic acid groups (broad SMARTS) is 1. The van der Waals surface area contributed by atoms with Crippen LogP contribution in [0.25, 0.3) is 0 Å². The van der Waals surface area contributed by atoms with E-state index < -0.39 is 23.4 Å². The predicted octanol–water partition coefficient (Wildman–Crippen LogP) is 0.656. The number of carboxylic acids is 1. The Morgan fingerprint density at radius 1 is 1.36 bits per heavy atom. The standard InChI is InChI=1S/C10H21NO3/c1-10(2,3)8(9(13)14)7(12)6-11(4)5/h7-8,12H,6H2,1-5H3,(H,13,14). The third-order valence-electron chi connectivity index (χ3n) is 2.14. The van der Waals surface area contributed by atoms with Crippen LogP contribution in [-0.4, -0.2) is 47.8 Å². The topological polar surface area (TPSA) is 60.8 Å². The Hall–Kier alpha value is -0.610. The SMILES string of the molecule is CN(C)CC(O)C(C(=O)O)C(C)(C)C. The minimum Gasteiger partial charge on any atom is -0.481 e. The summed E-state index contributed by atoms with van der Waals surface area (Å²) < 4.78 is 0. The van der Waals surface area contributed by atoms with Gasteiger partial charge in [0.15, 0.2) is 0 Å². The first-order valence-corrected chi connectivity index (χ1v) is 4.72. The maximum Gasteiger partial charge on any atom is 0.309 e. The molecule has 0 saturated heterocycles. The van der Waals surface area contributed by atoms with E-state index in [1.165, 1.54) is 0 Å². The molecule has 0 aliphatic carbocycles. The Labute approximate surface area is 85.5 Å². The molecule has 0 aromatic rings. The van der Waals surface area contributed by atoms with Crippen molar-refractivity contribution in [3.63, 3.8) is 0 Å². The highest BCUT2D eigenvalue weighted by molar-refractivity contribution is 5.71. The van der Waals surface area contributed by atoms with Gasteiger partial charge < -0.3 is 15.1 Å². The summed E-state index contributed by atoms with van der Waals surface area (Å²) in [5, 5.41) is 18.8. The van der Waals surface area contributed by atoms with Crippen molar-refractivity contribution in [2.45, 2.75) is 26.9 Å². The number of hydrogen-bond donors (Lipinski definition) is 2. The number of hydrogen-bond acceptors (Lipinski definition) is 3. The van der Waals surface area contributed by atoms with Gasteiger partial charge in [0, 0.05) is 6.54 Å². The van der Waals surface area contributed by atoms with Gasteiger partial charge in [0.2, 0.25) is 0 Å². The van der Waals surface area contributed by atoms with Crippen molar-refractivity contribution < 1.29 is 15.0 Å². The van der Waals surface area contributed by atoms with Crippen molar-refractivity contribution in [2.75, 3.05) is 20.6 Å². The van der Waals surface area contributed by atoms with Gasteiger partial charge in [-0.3, -0.25) is 4.79 Å². The molecule has 2 unspecified atom stereocenters. The number of aliphatic hydroxyl groups excluding tert-OH is 1. The summed E-state index contributed by atoms with van der Waals surface area (Å²) >= 11 is 0. The normalized spacial score (nSPS) is 16.8. The largest absolute Gasteiger partial charge is 0.481 e. The van der Waals surface area contributed by atoms with E-state index in [1.807, 2.05) is 34.9 Å². The third-order valence-corrected chi connectivity index (χ3v) is 2.14. The molecule has 0 aromatic carbocycles. The maximum absolute atomic E-state index is 11.0. The fourth-order valence-electron chi connectivity index (χ4n) is 1.59. The first-order chi connectivity index (χ1) is 6.16. The lowest BCUT2D eigenvalue weighted by Gasteiger charge is -2.32. The Bertz CT molecular complexity index is 196. The lowest BCUT2D eigenvalue weighted by atomic mass is 9.77. The first-order valence-electron chi connectivity index (χ1n) is 4.72. The van der Waals surface area contributed by atoms with E-state index in [4.69, 9.17) is 5.11 Å². The maximum atomic E-state index is 11.0. The minimum atomic E-state index is -0.938. The summed E-state index contributed by atoms with van der Waals surface area (Å²) in [7, 11) is 3.62. The molecule has 0 heterocycles. The van der Waals surface area contributed by atoms with Crippen LogP contribution in [-0.2, 0) is 4.79 Å². The van der Waals surface area contributed by atoms with Crippen LogP contribution in [0.2, 0.25) is 0 Å². The second-order valence-corrected chi connectivity index (χ2v) is 5.01. The fourth-order valence-corrected chi connectivity index (χ4v) is 1.59. The molecule has 0 fully saturated rings. The van der Waals surface area contributed by atoms with Gasteiger partial charge in [0.1, 0.15) is 0 Å². The molecule has 2 N–H and O–H groups in total. The van der Waals surface area contributed by atoms with Gasteiger partial charge >= 0.3 is 5.97 Å². The van der Waals surface area contributed by atoms with E-state index in [2.05, 4.69) is 0 Å². The molecule has 4 nitrogen and oxygen atoms in total. The second kappa shape index (κ2) is 4.75. The zero-order valence-electron chi connectivity index (χ0n) is 9.61. The lowest BCUT2D eigenvalue weighted by Crippen LogP contribution is -2.43. The number of carbonyl (C=O) groups is 1. The van der Waals surface area contributed by atoms with E-state index in [0.717, 1.165) is 0 Å². The van der Waals surface area contributed by atoms with Gasteiger partial charge in [0.25, 0.3) is 0 Å². The van der Waals surface area contributed by atoms with Crippen molar-refractivity contribution in [1.29, 1.82) is 0 Å². The van der Waals surface area contributed by atoms with Crippen LogP contribution < -0.4 is 0 Å². The van der Waals surface area contributed by atoms with Crippen molar-refractivity contribution in [2.24, 2.45) is 11.3 Å². The molecule has 4 heteroatoms. The van der Waals surface area contributed by atoms with E-state index >= 15 is 0 Å². The Morgan fingerprint density at radius 2 is 1.79 bits per heavy atom. The summed E-state index contributed by atoms with van der Waals surface area (Å²) in [5.74, 6) is -1.67. The van der Waals surface area contributed by atoms with Gasteiger partial charge in [-0.25, -0.2) is 0 Å². The highest BCUT2D eigenvalue weighted by Crippen LogP contribution is 2.29. The van der Waals surface area contributed by atoms with Crippen LogP contribution in [0.4, 0.5) is 0 Å². The van der Waals surface area contributed by atoms with Gasteiger partial charge in [-0.2, -0.15) is 0 Å². The highest BCUT2D eigenvalue weighted by atomic mass is 16.4. The number of rotatable bonds is 4. The van der Waals surface area contributed by atoms with Crippen molar-refractivity contribution in [1.82, 2.24) is 4.90 Å². The van der Waals surface area contributed by atoms with E-state index in [1.54, 1.807) is 4.90 Å². The average molecular weight is 203 g/mol. The third kappa shape index (κ3) is 4.07. The molecule has 0 radical (unpaired) electrons. The zero-order chi connectivity index (χ0) is 11.5. The molecule has 0 spiro atoms. The molecule has 0 aliphatic heterocycles. The average Bonchev–Trinajstić information content (AvgIpc) is 1.78. The van der Waals surface area contributed by atoms with Crippen LogP contribution in [0.15, 0.2) is 0 Å². The molecular formula is C10H21NO3. The Kier molecular flexibility index (Phi) is 4.55. The van der Waals surface area contributed by atoms with E-state index in [9.17, 15) is 9.90 Å². The van der Waals surface area contributed by atoms with Crippen LogP contribution in [0.5, 0.6) is 0 Å². The molecular weight excluding hydrogens is 182 g/mol. The smallest absolute Gasteiger partial charge is 0.309 e. The van der Waals surface area contributed by atoms with E-state index in [-0.39, 0.29) is 0 Å². The molecule has 0 bridgehead atoms. The molecule has 0 saturated carbocycles. The van der Waals surface area contributed by atoms with Crippen molar-refractivity contribution in [3.05, 3.63) is 0 Å². The van der Waals surface area contributed by atoms with Gasteiger partial charge in [0.05, 0.1) is 12.0 Å². The van der Waals surface area contributed by atoms with Crippen LogP contribution >= 0.6 is 0 Å². The summed E-state index contributed by atoms with van der Waals surface area (Å²) in [6.45, 7) is 5.84. The zero-order valence-corrected chi connectivity index (χ0v) is 9.61. The summed E-state index contributed by atoms with van der Waals surface area (Å²) in [6, 6.07) is 0. The minimum absolute atomic E-state index is 0.369. The van der Waals surface area contributed by atoms with Crippen LogP contribution in [0.3, 0.4) is 0 Å². The van der Waals surface area contributed by atoms with E-state index in [0.29, 0.717) is 6.54 Å². The molecule has 0 aliphatic rings. The summed E-state index contributed by atoms with van der Waals surface area (Å²) in [4.78, 5) is 12.8. The Morgan fingerprint density at radius 3 is 2.00 bits per heavy atom. The van der Waals surface area contributed by atoms with Gasteiger partial charge in [-0.05, 0) is 19.5 Å². The predicted molar refractivity (Wildman–Crippen MR) is 55.1 cm³/mol. The van der Waals surface area contributed by atoms with Crippen molar-refractivity contribution in [3.8, 4) is 0 Å². The lowest BCUT2D eigenvalue weighted by molar-refractivity contribution is -0.151. The Balaban J connectivity index is 4.59. The summed E-state index contributed by atoms with van der Waals surface area (Å²) in [6.07, 6.45) is -0.831. The van der Waals surface area contributed by atoms with Gasteiger partial charge in [-0.15, -0.1) is 0 Å². The molecule has 2 atom stereocenters. The van der Waals surface area contributed by atoms with Crippen LogP contribution in [0.1, 0.15) is 20.8 Å². The highest BCUT2D eigenvalue weighted by Gasteiger charge is 2.37. The van der Waals surface area contributed by atoms with Crippen molar-refractivity contribution >= 4 is 5.97 Å². The van der Waals surface area contributed by atoms with Crippen LogP contribution in [0, 0.1) is 11.3 Å². The number of aliphatic carboxylic acids is 1. The molecule has 84 valence electrons. The monoisotopic (exact) mass is 203 g/mol. The number of aliphatic hydroxyl groups is 1. The molecule has 14 heavy (non-hydrogen) atoms. The fraction of sp³-hybridized carbons (Fsp3) is 0.900. The number of likely N-dealkylation sites (N-methyl/N-ethyl adjacent to an activating group) is 1. The quantitative estimate of drug-likeness (QED) is 0.704. The molecule has 0 aromatic heterocycles. The second-order valence-electron chi connectivity index (χ2n) is 5.01. The molecule has 0 rings (SSSR count). The van der Waals surface area contributed by atoms with Gasteiger partial charge in [-0.1, -0.05) is 20.8 Å². The molecule has 0 amide bonds.